The fourth-order valence-corrected chi connectivity index (χ4v) is 2.78. The topological polar surface area (TPSA) is 47.1 Å². The summed E-state index contributed by atoms with van der Waals surface area (Å²) in [5.41, 5.74) is 8.36. The highest BCUT2D eigenvalue weighted by atomic mass is 15.3. The number of hydrogen-bond donors (Lipinski definition) is 1. The summed E-state index contributed by atoms with van der Waals surface area (Å²) < 4.78 is 1.90. The molecule has 1 aliphatic heterocycles. The highest BCUT2D eigenvalue weighted by Gasteiger charge is 2.25. The number of hydrogen-bond acceptors (Lipinski definition) is 3. The lowest BCUT2D eigenvalue weighted by atomic mass is 9.92. The van der Waals surface area contributed by atoms with Crippen LogP contribution in [0.5, 0.6) is 0 Å². The SMILES string of the molecule is Cc1nn(C)cc1CN1CCC(C)CC1CN. The van der Waals surface area contributed by atoms with Gasteiger partial charge in [-0.3, -0.25) is 9.58 Å². The third kappa shape index (κ3) is 2.87. The molecule has 0 aromatic carbocycles. The van der Waals surface area contributed by atoms with Gasteiger partial charge in [0, 0.05) is 37.9 Å². The van der Waals surface area contributed by atoms with Gasteiger partial charge in [0.1, 0.15) is 0 Å². The van der Waals surface area contributed by atoms with Crippen molar-refractivity contribution in [1.29, 1.82) is 0 Å². The molecule has 4 nitrogen and oxygen atoms in total. The maximum atomic E-state index is 5.89. The van der Waals surface area contributed by atoms with Crippen LogP contribution in [0.4, 0.5) is 0 Å². The lowest BCUT2D eigenvalue weighted by Gasteiger charge is -2.37. The molecular weight excluding hydrogens is 212 g/mol. The molecule has 1 aromatic rings. The molecule has 1 saturated heterocycles. The van der Waals surface area contributed by atoms with E-state index in [1.807, 2.05) is 11.7 Å². The van der Waals surface area contributed by atoms with E-state index in [2.05, 4.69) is 30.0 Å². The molecule has 0 saturated carbocycles. The predicted molar refractivity (Wildman–Crippen MR) is 69.6 cm³/mol. The third-order valence-corrected chi connectivity index (χ3v) is 3.86. The van der Waals surface area contributed by atoms with Crippen LogP contribution in [-0.4, -0.2) is 33.8 Å². The second kappa shape index (κ2) is 5.19. The molecule has 96 valence electrons. The lowest BCUT2D eigenvalue weighted by molar-refractivity contribution is 0.115. The van der Waals surface area contributed by atoms with E-state index in [0.717, 1.165) is 31.2 Å². The zero-order chi connectivity index (χ0) is 12.4. The minimum atomic E-state index is 0.540. The van der Waals surface area contributed by atoms with Gasteiger partial charge in [-0.15, -0.1) is 0 Å². The molecule has 0 aliphatic carbocycles. The van der Waals surface area contributed by atoms with Crippen molar-refractivity contribution in [2.45, 2.75) is 39.3 Å². The number of piperidine rings is 1. The Bertz CT molecular complexity index is 371. The molecule has 0 radical (unpaired) electrons. The molecule has 1 aliphatic rings. The highest BCUT2D eigenvalue weighted by molar-refractivity contribution is 5.15. The van der Waals surface area contributed by atoms with Crippen molar-refractivity contribution in [1.82, 2.24) is 14.7 Å². The van der Waals surface area contributed by atoms with Gasteiger partial charge in [0.05, 0.1) is 5.69 Å². The van der Waals surface area contributed by atoms with E-state index in [0.29, 0.717) is 6.04 Å². The lowest BCUT2D eigenvalue weighted by Crippen LogP contribution is -2.45. The average Bonchev–Trinajstić information content (AvgIpc) is 2.60. The van der Waals surface area contributed by atoms with Crippen LogP contribution in [0.2, 0.25) is 0 Å². The van der Waals surface area contributed by atoms with E-state index in [4.69, 9.17) is 5.73 Å². The van der Waals surface area contributed by atoms with Crippen LogP contribution < -0.4 is 5.73 Å². The summed E-state index contributed by atoms with van der Waals surface area (Å²) in [6.07, 6.45) is 4.65. The Labute approximate surface area is 104 Å². The first kappa shape index (κ1) is 12.6. The number of rotatable bonds is 3. The van der Waals surface area contributed by atoms with Crippen molar-refractivity contribution in [3.8, 4) is 0 Å². The zero-order valence-corrected chi connectivity index (χ0v) is 11.2. The molecule has 17 heavy (non-hydrogen) atoms. The van der Waals surface area contributed by atoms with Crippen LogP contribution in [-0.2, 0) is 13.6 Å². The first-order valence-corrected chi connectivity index (χ1v) is 6.53. The summed E-state index contributed by atoms with van der Waals surface area (Å²) in [4.78, 5) is 2.52. The Hall–Kier alpha value is -0.870. The van der Waals surface area contributed by atoms with Gasteiger partial charge in [-0.05, 0) is 32.2 Å². The summed E-state index contributed by atoms with van der Waals surface area (Å²) >= 11 is 0. The van der Waals surface area contributed by atoms with E-state index >= 15 is 0 Å². The van der Waals surface area contributed by atoms with Gasteiger partial charge in [0.25, 0.3) is 0 Å². The van der Waals surface area contributed by atoms with Crippen molar-refractivity contribution in [2.75, 3.05) is 13.1 Å². The monoisotopic (exact) mass is 236 g/mol. The first-order chi connectivity index (χ1) is 8.10. The van der Waals surface area contributed by atoms with E-state index in [-0.39, 0.29) is 0 Å². The predicted octanol–water partition coefficient (Wildman–Crippen LogP) is 1.29. The van der Waals surface area contributed by atoms with Crippen molar-refractivity contribution >= 4 is 0 Å². The number of likely N-dealkylation sites (tertiary alicyclic amines) is 1. The first-order valence-electron chi connectivity index (χ1n) is 6.53. The Morgan fingerprint density at radius 2 is 2.29 bits per heavy atom. The average molecular weight is 236 g/mol. The van der Waals surface area contributed by atoms with Crippen LogP contribution in [0.25, 0.3) is 0 Å². The van der Waals surface area contributed by atoms with Crippen molar-refractivity contribution < 1.29 is 0 Å². The molecule has 1 fully saturated rings. The smallest absolute Gasteiger partial charge is 0.0638 e. The minimum Gasteiger partial charge on any atom is -0.329 e. The van der Waals surface area contributed by atoms with E-state index < -0.39 is 0 Å². The number of nitrogens with two attached hydrogens (primary N) is 1. The Morgan fingerprint density at radius 3 is 2.88 bits per heavy atom. The molecule has 2 N–H and O–H groups in total. The van der Waals surface area contributed by atoms with Crippen LogP contribution in [0.3, 0.4) is 0 Å². The zero-order valence-electron chi connectivity index (χ0n) is 11.2. The third-order valence-electron chi connectivity index (χ3n) is 3.86. The van der Waals surface area contributed by atoms with Crippen molar-refractivity contribution in [2.24, 2.45) is 18.7 Å². The van der Waals surface area contributed by atoms with Gasteiger partial charge < -0.3 is 5.73 Å². The molecule has 1 aromatic heterocycles. The maximum absolute atomic E-state index is 5.89. The molecular formula is C13H24N4. The van der Waals surface area contributed by atoms with E-state index in [1.165, 1.54) is 18.4 Å². The number of nitrogens with zero attached hydrogens (tertiary/aromatic N) is 3. The fraction of sp³-hybridized carbons (Fsp3) is 0.769. The Morgan fingerprint density at radius 1 is 1.53 bits per heavy atom. The second-order valence-corrected chi connectivity index (χ2v) is 5.40. The van der Waals surface area contributed by atoms with Gasteiger partial charge in [0.2, 0.25) is 0 Å². The largest absolute Gasteiger partial charge is 0.329 e. The van der Waals surface area contributed by atoms with Crippen molar-refractivity contribution in [3.63, 3.8) is 0 Å². The minimum absolute atomic E-state index is 0.540. The molecule has 2 heterocycles. The molecule has 0 spiro atoms. The van der Waals surface area contributed by atoms with Crippen LogP contribution in [0.15, 0.2) is 6.20 Å². The summed E-state index contributed by atoms with van der Waals surface area (Å²) in [5.74, 6) is 0.815. The molecule has 2 atom stereocenters. The molecule has 0 amide bonds. The highest BCUT2D eigenvalue weighted by Crippen LogP contribution is 2.24. The van der Waals surface area contributed by atoms with E-state index in [9.17, 15) is 0 Å². The normalized spacial score (nSPS) is 26.4. The Balaban J connectivity index is 2.04. The van der Waals surface area contributed by atoms with Crippen LogP contribution in [0.1, 0.15) is 31.0 Å². The van der Waals surface area contributed by atoms with Gasteiger partial charge >= 0.3 is 0 Å². The number of aryl methyl sites for hydroxylation is 2. The molecule has 4 heteroatoms. The number of aromatic nitrogens is 2. The molecule has 0 bridgehead atoms. The van der Waals surface area contributed by atoms with Crippen LogP contribution in [0, 0.1) is 12.8 Å². The molecule has 2 unspecified atom stereocenters. The van der Waals surface area contributed by atoms with Crippen molar-refractivity contribution in [3.05, 3.63) is 17.5 Å². The van der Waals surface area contributed by atoms with Gasteiger partial charge in [-0.25, -0.2) is 0 Å². The van der Waals surface area contributed by atoms with Gasteiger partial charge in [-0.2, -0.15) is 5.10 Å². The maximum Gasteiger partial charge on any atom is 0.0638 e. The summed E-state index contributed by atoms with van der Waals surface area (Å²) in [6.45, 7) is 7.34. The molecule has 2 rings (SSSR count). The standard InChI is InChI=1S/C13H24N4/c1-10-4-5-17(13(6-10)7-14)9-12-8-16(3)15-11(12)2/h8,10,13H,4-7,9,14H2,1-3H3. The Kier molecular flexibility index (Phi) is 3.84. The fourth-order valence-electron chi connectivity index (χ4n) is 2.78. The van der Waals surface area contributed by atoms with Gasteiger partial charge in [-0.1, -0.05) is 6.92 Å². The second-order valence-electron chi connectivity index (χ2n) is 5.40. The summed E-state index contributed by atoms with van der Waals surface area (Å²) in [6, 6.07) is 0.540. The van der Waals surface area contributed by atoms with Gasteiger partial charge in [0.15, 0.2) is 0 Å². The van der Waals surface area contributed by atoms with Crippen LogP contribution >= 0.6 is 0 Å². The summed E-state index contributed by atoms with van der Waals surface area (Å²) in [7, 11) is 1.98. The quantitative estimate of drug-likeness (QED) is 0.860. The van der Waals surface area contributed by atoms with E-state index in [1.54, 1.807) is 0 Å². The summed E-state index contributed by atoms with van der Waals surface area (Å²) in [5, 5.41) is 4.40.